The van der Waals surface area contributed by atoms with Crippen LogP contribution in [0.4, 0.5) is 4.39 Å². The van der Waals surface area contributed by atoms with E-state index in [0.717, 1.165) is 12.1 Å². The van der Waals surface area contributed by atoms with E-state index in [1.807, 2.05) is 0 Å². The van der Waals surface area contributed by atoms with Crippen molar-refractivity contribution in [3.8, 4) is 0 Å². The number of rotatable bonds is 5. The number of nitrogens with one attached hydrogen (secondary N) is 1. The SMILES string of the molecule is O=S(=O)(NCc1ccoc1)c1cc(F)c(Cl)c(CO)c1. The highest BCUT2D eigenvalue weighted by atomic mass is 35.5. The molecule has 0 bridgehead atoms. The van der Waals surface area contributed by atoms with Crippen molar-refractivity contribution < 1.29 is 22.3 Å². The lowest BCUT2D eigenvalue weighted by atomic mass is 10.2. The van der Waals surface area contributed by atoms with Crippen molar-refractivity contribution in [1.29, 1.82) is 0 Å². The van der Waals surface area contributed by atoms with Crippen LogP contribution in [0.15, 0.2) is 40.0 Å². The fraction of sp³-hybridized carbons (Fsp3) is 0.167. The molecule has 1 aromatic heterocycles. The van der Waals surface area contributed by atoms with Crippen LogP contribution in [-0.2, 0) is 23.2 Å². The van der Waals surface area contributed by atoms with Gasteiger partial charge in [0.15, 0.2) is 0 Å². The van der Waals surface area contributed by atoms with Crippen LogP contribution in [0.3, 0.4) is 0 Å². The molecule has 0 fully saturated rings. The standard InChI is InChI=1S/C12H11ClFNO4S/c13-12-9(6-16)3-10(4-11(12)14)20(17,18)15-5-8-1-2-19-7-8/h1-4,7,15-16H,5-6H2. The quantitative estimate of drug-likeness (QED) is 0.884. The van der Waals surface area contributed by atoms with E-state index < -0.39 is 22.4 Å². The molecule has 0 atom stereocenters. The van der Waals surface area contributed by atoms with Crippen LogP contribution in [-0.4, -0.2) is 13.5 Å². The Morgan fingerprint density at radius 1 is 1.40 bits per heavy atom. The van der Waals surface area contributed by atoms with E-state index in [9.17, 15) is 12.8 Å². The van der Waals surface area contributed by atoms with Gasteiger partial charge in [-0.15, -0.1) is 0 Å². The van der Waals surface area contributed by atoms with E-state index in [2.05, 4.69) is 4.72 Å². The second-order valence-electron chi connectivity index (χ2n) is 3.99. The Kier molecular flexibility index (Phi) is 4.44. The van der Waals surface area contributed by atoms with Gasteiger partial charge in [0.05, 0.1) is 29.1 Å². The third kappa shape index (κ3) is 3.18. The van der Waals surface area contributed by atoms with Gasteiger partial charge in [-0.05, 0) is 18.2 Å². The molecule has 0 unspecified atom stereocenters. The smallest absolute Gasteiger partial charge is 0.240 e. The van der Waals surface area contributed by atoms with Gasteiger partial charge in [0.1, 0.15) is 5.82 Å². The second-order valence-corrected chi connectivity index (χ2v) is 6.14. The highest BCUT2D eigenvalue weighted by Gasteiger charge is 2.18. The molecule has 0 aliphatic rings. The van der Waals surface area contributed by atoms with Crippen LogP contribution in [0.25, 0.3) is 0 Å². The predicted octanol–water partition coefficient (Wildman–Crippen LogP) is 2.04. The number of hydrogen-bond acceptors (Lipinski definition) is 4. The summed E-state index contributed by atoms with van der Waals surface area (Å²) in [7, 11) is -3.91. The lowest BCUT2D eigenvalue weighted by Gasteiger charge is -2.09. The highest BCUT2D eigenvalue weighted by molar-refractivity contribution is 7.89. The molecule has 2 rings (SSSR count). The Labute approximate surface area is 120 Å². The number of halogens is 2. The lowest BCUT2D eigenvalue weighted by molar-refractivity contribution is 0.281. The molecule has 0 saturated heterocycles. The van der Waals surface area contributed by atoms with E-state index in [0.29, 0.717) is 5.56 Å². The van der Waals surface area contributed by atoms with Gasteiger partial charge >= 0.3 is 0 Å². The molecule has 0 spiro atoms. The number of sulfonamides is 1. The number of hydrogen-bond donors (Lipinski definition) is 2. The molecule has 5 nitrogen and oxygen atoms in total. The third-order valence-corrected chi connectivity index (χ3v) is 4.41. The number of aliphatic hydroxyl groups excluding tert-OH is 1. The summed E-state index contributed by atoms with van der Waals surface area (Å²) < 4.78 is 44.7. The largest absolute Gasteiger partial charge is 0.472 e. The summed E-state index contributed by atoms with van der Waals surface area (Å²) in [4.78, 5) is -0.299. The molecule has 0 amide bonds. The first-order chi connectivity index (χ1) is 9.44. The van der Waals surface area contributed by atoms with Gasteiger partial charge in [0.2, 0.25) is 10.0 Å². The maximum atomic E-state index is 13.5. The van der Waals surface area contributed by atoms with Gasteiger partial charge in [-0.1, -0.05) is 11.6 Å². The Bertz CT molecular complexity index is 700. The number of furan rings is 1. The van der Waals surface area contributed by atoms with Crippen molar-refractivity contribution in [2.75, 3.05) is 0 Å². The molecule has 1 heterocycles. The second kappa shape index (κ2) is 5.92. The molecule has 0 saturated carbocycles. The van der Waals surface area contributed by atoms with Crippen molar-refractivity contribution >= 4 is 21.6 Å². The average molecular weight is 320 g/mol. The molecule has 2 N–H and O–H groups in total. The van der Waals surface area contributed by atoms with Crippen molar-refractivity contribution in [2.45, 2.75) is 18.0 Å². The normalized spacial score (nSPS) is 11.8. The molecule has 1 aromatic carbocycles. The maximum absolute atomic E-state index is 13.5. The minimum atomic E-state index is -3.91. The van der Waals surface area contributed by atoms with E-state index in [4.69, 9.17) is 21.1 Å². The summed E-state index contributed by atoms with van der Waals surface area (Å²) >= 11 is 5.61. The van der Waals surface area contributed by atoms with Crippen LogP contribution in [0.1, 0.15) is 11.1 Å². The zero-order chi connectivity index (χ0) is 14.8. The number of benzene rings is 1. The lowest BCUT2D eigenvalue weighted by Crippen LogP contribution is -2.23. The molecule has 108 valence electrons. The zero-order valence-electron chi connectivity index (χ0n) is 10.1. The zero-order valence-corrected chi connectivity index (χ0v) is 11.7. The molecule has 8 heteroatoms. The summed E-state index contributed by atoms with van der Waals surface area (Å²) in [5.41, 5.74) is 0.640. The Balaban J connectivity index is 2.27. The fourth-order valence-corrected chi connectivity index (χ4v) is 2.79. The van der Waals surface area contributed by atoms with Gasteiger partial charge < -0.3 is 9.52 Å². The van der Waals surface area contributed by atoms with Crippen LogP contribution in [0.2, 0.25) is 5.02 Å². The fourth-order valence-electron chi connectivity index (χ4n) is 1.54. The minimum absolute atomic E-state index is 0.00959. The predicted molar refractivity (Wildman–Crippen MR) is 70.1 cm³/mol. The van der Waals surface area contributed by atoms with E-state index in [-0.39, 0.29) is 22.0 Å². The molecule has 0 aliphatic carbocycles. The van der Waals surface area contributed by atoms with Gasteiger partial charge in [0.25, 0.3) is 0 Å². The first-order valence-electron chi connectivity index (χ1n) is 5.53. The van der Waals surface area contributed by atoms with Gasteiger partial charge in [0, 0.05) is 17.7 Å². The van der Waals surface area contributed by atoms with Crippen molar-refractivity contribution in [3.63, 3.8) is 0 Å². The van der Waals surface area contributed by atoms with Crippen molar-refractivity contribution in [2.24, 2.45) is 0 Å². The third-order valence-electron chi connectivity index (χ3n) is 2.60. The summed E-state index contributed by atoms with van der Waals surface area (Å²) in [6.07, 6.45) is 2.81. The molecule has 0 radical (unpaired) electrons. The molecular formula is C12H11ClFNO4S. The van der Waals surface area contributed by atoms with E-state index in [1.54, 1.807) is 6.07 Å². The minimum Gasteiger partial charge on any atom is -0.472 e. The highest BCUT2D eigenvalue weighted by Crippen LogP contribution is 2.24. The molecule has 20 heavy (non-hydrogen) atoms. The summed E-state index contributed by atoms with van der Waals surface area (Å²) in [6.45, 7) is -0.543. The monoisotopic (exact) mass is 319 g/mol. The summed E-state index contributed by atoms with van der Waals surface area (Å²) in [6, 6.07) is 3.53. The van der Waals surface area contributed by atoms with E-state index in [1.165, 1.54) is 12.5 Å². The van der Waals surface area contributed by atoms with Crippen molar-refractivity contribution in [3.05, 3.63) is 52.7 Å². The van der Waals surface area contributed by atoms with Gasteiger partial charge in [-0.3, -0.25) is 0 Å². The summed E-state index contributed by atoms with van der Waals surface area (Å²) in [5.74, 6) is -0.901. The first-order valence-corrected chi connectivity index (χ1v) is 7.39. The summed E-state index contributed by atoms with van der Waals surface area (Å²) in [5, 5.41) is 8.74. The van der Waals surface area contributed by atoms with Gasteiger partial charge in [-0.25, -0.2) is 17.5 Å². The van der Waals surface area contributed by atoms with E-state index >= 15 is 0 Å². The van der Waals surface area contributed by atoms with Crippen LogP contribution >= 0.6 is 11.6 Å². The first kappa shape index (κ1) is 15.0. The number of aliphatic hydroxyl groups is 1. The molecule has 0 aliphatic heterocycles. The topological polar surface area (TPSA) is 79.5 Å². The Hall–Kier alpha value is -1.41. The average Bonchev–Trinajstić information content (AvgIpc) is 2.92. The van der Waals surface area contributed by atoms with Crippen LogP contribution in [0.5, 0.6) is 0 Å². The maximum Gasteiger partial charge on any atom is 0.240 e. The van der Waals surface area contributed by atoms with Crippen LogP contribution in [0, 0.1) is 5.82 Å². The molecular weight excluding hydrogens is 309 g/mol. The Morgan fingerprint density at radius 2 is 2.15 bits per heavy atom. The van der Waals surface area contributed by atoms with Gasteiger partial charge in [-0.2, -0.15) is 0 Å². The van der Waals surface area contributed by atoms with Crippen LogP contribution < -0.4 is 4.72 Å². The Morgan fingerprint density at radius 3 is 2.75 bits per heavy atom. The molecule has 2 aromatic rings. The van der Waals surface area contributed by atoms with Crippen molar-refractivity contribution in [1.82, 2.24) is 4.72 Å².